The van der Waals surface area contributed by atoms with Gasteiger partial charge in [0.15, 0.2) is 0 Å². The molecule has 0 amide bonds. The molecule has 98 valence electrons. The van der Waals surface area contributed by atoms with Crippen molar-refractivity contribution in [1.82, 2.24) is 0 Å². The molecule has 0 unspecified atom stereocenters. The summed E-state index contributed by atoms with van der Waals surface area (Å²) in [6, 6.07) is 3.41. The summed E-state index contributed by atoms with van der Waals surface area (Å²) in [6.07, 6.45) is 3.74. The van der Waals surface area contributed by atoms with E-state index in [9.17, 15) is 14.3 Å². The van der Waals surface area contributed by atoms with Crippen molar-refractivity contribution in [3.05, 3.63) is 33.5 Å². The van der Waals surface area contributed by atoms with Gasteiger partial charge in [-0.1, -0.05) is 41.3 Å². The van der Waals surface area contributed by atoms with Crippen LogP contribution in [0.5, 0.6) is 0 Å². The monoisotopic (exact) mass is 314 g/mol. The fraction of sp³-hybridized carbons (Fsp3) is 0.500. The predicted octanol–water partition coefficient (Wildman–Crippen LogP) is 4.18. The maximum Gasteiger partial charge on any atom is 0.314 e. The van der Waals surface area contributed by atoms with Gasteiger partial charge >= 0.3 is 5.97 Å². The van der Waals surface area contributed by atoms with Crippen LogP contribution in [-0.2, 0) is 10.2 Å². The Balaban J connectivity index is 2.63. The highest BCUT2D eigenvalue weighted by atomic mass is 79.9. The lowest BCUT2D eigenvalue weighted by atomic mass is 9.69. The van der Waals surface area contributed by atoms with E-state index in [1.807, 2.05) is 0 Å². The summed E-state index contributed by atoms with van der Waals surface area (Å²) in [4.78, 5) is 11.7. The number of hydrogen-bond acceptors (Lipinski definition) is 1. The van der Waals surface area contributed by atoms with Crippen LogP contribution < -0.4 is 0 Å². The zero-order valence-electron chi connectivity index (χ0n) is 10.3. The Morgan fingerprint density at radius 1 is 1.33 bits per heavy atom. The zero-order valence-corrected chi connectivity index (χ0v) is 11.9. The normalized spacial score (nSPS) is 18.6. The average molecular weight is 315 g/mol. The van der Waals surface area contributed by atoms with Crippen LogP contribution in [0.3, 0.4) is 0 Å². The van der Waals surface area contributed by atoms with Crippen molar-refractivity contribution in [3.63, 3.8) is 0 Å². The van der Waals surface area contributed by atoms with Crippen LogP contribution in [0.1, 0.15) is 43.2 Å². The maximum atomic E-state index is 14.4. The summed E-state index contributed by atoms with van der Waals surface area (Å²) < 4.78 is 14.9. The van der Waals surface area contributed by atoms with Crippen molar-refractivity contribution < 1.29 is 14.3 Å². The molecule has 1 aromatic carbocycles. The van der Waals surface area contributed by atoms with Gasteiger partial charge < -0.3 is 5.11 Å². The van der Waals surface area contributed by atoms with Crippen LogP contribution in [0.4, 0.5) is 4.39 Å². The molecule has 1 aromatic rings. The molecule has 1 aliphatic carbocycles. The molecule has 0 saturated heterocycles. The van der Waals surface area contributed by atoms with E-state index in [0.717, 1.165) is 19.3 Å². The van der Waals surface area contributed by atoms with Crippen LogP contribution in [-0.4, -0.2) is 11.1 Å². The van der Waals surface area contributed by atoms with Crippen molar-refractivity contribution in [1.29, 1.82) is 0 Å². The average Bonchev–Trinajstić information content (AvgIpc) is 2.35. The Hall–Kier alpha value is -0.900. The smallest absolute Gasteiger partial charge is 0.314 e. The number of carboxylic acid groups (broad SMARTS) is 1. The van der Waals surface area contributed by atoms with Gasteiger partial charge in [-0.2, -0.15) is 0 Å². The first-order valence-electron chi connectivity index (χ1n) is 6.17. The van der Waals surface area contributed by atoms with Gasteiger partial charge in [-0.25, -0.2) is 4.39 Å². The third-order valence-electron chi connectivity index (χ3n) is 3.88. The molecule has 0 aliphatic heterocycles. The Kier molecular flexibility index (Phi) is 3.76. The number of carbonyl (C=O) groups is 1. The Morgan fingerprint density at radius 3 is 2.50 bits per heavy atom. The highest BCUT2D eigenvalue weighted by molar-refractivity contribution is 9.10. The lowest BCUT2D eigenvalue weighted by molar-refractivity contribution is -0.145. The van der Waals surface area contributed by atoms with E-state index in [4.69, 9.17) is 0 Å². The Morgan fingerprint density at radius 2 is 1.94 bits per heavy atom. The highest BCUT2D eigenvalue weighted by Crippen LogP contribution is 2.44. The van der Waals surface area contributed by atoms with E-state index in [2.05, 4.69) is 15.9 Å². The van der Waals surface area contributed by atoms with Gasteiger partial charge in [0.25, 0.3) is 0 Å². The number of carboxylic acids is 1. The van der Waals surface area contributed by atoms with Gasteiger partial charge in [0.05, 0.1) is 5.41 Å². The molecule has 4 heteroatoms. The molecule has 2 nitrogen and oxygen atoms in total. The molecule has 0 aromatic heterocycles. The summed E-state index contributed by atoms with van der Waals surface area (Å²) in [5.41, 5.74) is -0.234. The van der Waals surface area contributed by atoms with E-state index in [0.29, 0.717) is 28.4 Å². The summed E-state index contributed by atoms with van der Waals surface area (Å²) in [6.45, 7) is 1.67. The van der Waals surface area contributed by atoms with Crippen molar-refractivity contribution >= 4 is 21.9 Å². The molecule has 18 heavy (non-hydrogen) atoms. The van der Waals surface area contributed by atoms with E-state index in [-0.39, 0.29) is 5.82 Å². The number of rotatable bonds is 2. The zero-order chi connectivity index (χ0) is 13.3. The Bertz CT molecular complexity index is 479. The van der Waals surface area contributed by atoms with Crippen LogP contribution in [0.15, 0.2) is 16.6 Å². The fourth-order valence-corrected chi connectivity index (χ4v) is 3.51. The fourth-order valence-electron chi connectivity index (χ4n) is 2.82. The number of halogens is 2. The van der Waals surface area contributed by atoms with Crippen molar-refractivity contribution in [3.8, 4) is 0 Å². The van der Waals surface area contributed by atoms with E-state index < -0.39 is 11.4 Å². The van der Waals surface area contributed by atoms with Crippen LogP contribution >= 0.6 is 15.9 Å². The first kappa shape index (κ1) is 13.5. The van der Waals surface area contributed by atoms with Gasteiger partial charge in [-0.05, 0) is 31.4 Å². The molecule has 1 fully saturated rings. The lowest BCUT2D eigenvalue weighted by Gasteiger charge is -2.34. The first-order chi connectivity index (χ1) is 8.49. The third-order valence-corrected chi connectivity index (χ3v) is 4.54. The molecule has 1 saturated carbocycles. The summed E-state index contributed by atoms with van der Waals surface area (Å²) in [7, 11) is 0. The molecule has 0 bridgehead atoms. The molecule has 1 aliphatic rings. The summed E-state index contributed by atoms with van der Waals surface area (Å²) in [5, 5.41) is 9.59. The minimum atomic E-state index is -1.06. The summed E-state index contributed by atoms with van der Waals surface area (Å²) >= 11 is 3.32. The third kappa shape index (κ3) is 2.07. The van der Waals surface area contributed by atoms with Crippen LogP contribution in [0.25, 0.3) is 0 Å². The second-order valence-corrected chi connectivity index (χ2v) is 5.86. The molecular formula is C14H16BrFO2. The highest BCUT2D eigenvalue weighted by Gasteiger charge is 2.44. The first-order valence-corrected chi connectivity index (χ1v) is 6.97. The number of benzene rings is 1. The van der Waals surface area contributed by atoms with Gasteiger partial charge in [0.1, 0.15) is 5.82 Å². The second kappa shape index (κ2) is 5.00. The largest absolute Gasteiger partial charge is 0.481 e. The quantitative estimate of drug-likeness (QED) is 0.889. The number of hydrogen-bond donors (Lipinski definition) is 1. The number of aliphatic carboxylic acids is 1. The lowest BCUT2D eigenvalue weighted by Crippen LogP contribution is -2.39. The topological polar surface area (TPSA) is 37.3 Å². The van der Waals surface area contributed by atoms with E-state index in [1.165, 1.54) is 0 Å². The van der Waals surface area contributed by atoms with Gasteiger partial charge in [0, 0.05) is 10.0 Å². The Labute approximate surface area is 114 Å². The predicted molar refractivity (Wildman–Crippen MR) is 71.2 cm³/mol. The molecule has 0 atom stereocenters. The van der Waals surface area contributed by atoms with Crippen molar-refractivity contribution in [2.75, 3.05) is 0 Å². The van der Waals surface area contributed by atoms with Gasteiger partial charge in [-0.15, -0.1) is 0 Å². The molecule has 0 spiro atoms. The second-order valence-electron chi connectivity index (χ2n) is 5.00. The molecule has 0 radical (unpaired) electrons. The van der Waals surface area contributed by atoms with E-state index >= 15 is 0 Å². The SMILES string of the molecule is Cc1ccc(Br)c(C2(C(=O)O)CCCCC2)c1F. The molecular weight excluding hydrogens is 299 g/mol. The molecule has 2 rings (SSSR count). The molecule has 0 heterocycles. The van der Waals surface area contributed by atoms with Crippen molar-refractivity contribution in [2.45, 2.75) is 44.4 Å². The van der Waals surface area contributed by atoms with Gasteiger partial charge in [-0.3, -0.25) is 4.79 Å². The van der Waals surface area contributed by atoms with E-state index in [1.54, 1.807) is 19.1 Å². The standard InChI is InChI=1S/C14H16BrFO2/c1-9-5-6-10(15)11(12(9)16)14(13(17)18)7-3-2-4-8-14/h5-6H,2-4,7-8H2,1H3,(H,17,18). The van der Waals surface area contributed by atoms with Crippen LogP contribution in [0, 0.1) is 12.7 Å². The van der Waals surface area contributed by atoms with Gasteiger partial charge in [0.2, 0.25) is 0 Å². The minimum absolute atomic E-state index is 0.328. The van der Waals surface area contributed by atoms with Crippen LogP contribution in [0.2, 0.25) is 0 Å². The summed E-state index contributed by atoms with van der Waals surface area (Å²) in [5.74, 6) is -1.29. The maximum absolute atomic E-state index is 14.4. The molecule has 1 N–H and O–H groups in total. The van der Waals surface area contributed by atoms with Crippen molar-refractivity contribution in [2.24, 2.45) is 0 Å². The number of aryl methyl sites for hydroxylation is 1. The minimum Gasteiger partial charge on any atom is -0.481 e.